The lowest BCUT2D eigenvalue weighted by Gasteiger charge is -2.27. The molecule has 0 bridgehead atoms. The van der Waals surface area contributed by atoms with Gasteiger partial charge < -0.3 is 34.6 Å². The minimum Gasteiger partial charge on any atom is -0.491 e. The van der Waals surface area contributed by atoms with Crippen molar-refractivity contribution in [2.75, 3.05) is 33.0 Å². The maximum absolute atomic E-state index is 10.5. The van der Waals surface area contributed by atoms with Crippen molar-refractivity contribution in [3.8, 4) is 17.2 Å². The van der Waals surface area contributed by atoms with E-state index in [0.29, 0.717) is 11.5 Å². The van der Waals surface area contributed by atoms with Crippen molar-refractivity contribution < 1.29 is 34.6 Å². The van der Waals surface area contributed by atoms with Crippen LogP contribution in [0.15, 0.2) is 97.1 Å². The maximum Gasteiger partial charge on any atom is 0.122 e. The Bertz CT molecular complexity index is 1470. The molecule has 2 unspecified atom stereocenters. The number of ether oxygens (including phenoxy) is 3. The Balaban J connectivity index is 1.26. The Kier molecular flexibility index (Phi) is 11.9. The molecule has 4 rings (SSSR count). The molecule has 0 aliphatic heterocycles. The molecule has 4 aromatic carbocycles. The summed E-state index contributed by atoms with van der Waals surface area (Å²) in [5.41, 5.74) is 4.91. The lowest BCUT2D eigenvalue weighted by Crippen LogP contribution is -2.25. The fourth-order valence-electron chi connectivity index (χ4n) is 5.33. The van der Waals surface area contributed by atoms with Crippen LogP contribution >= 0.6 is 0 Å². The number of aliphatic hydroxyl groups excluding tert-OH is 4. The van der Waals surface area contributed by atoms with E-state index in [-0.39, 0.29) is 49.8 Å². The van der Waals surface area contributed by atoms with Crippen molar-refractivity contribution in [3.63, 3.8) is 0 Å². The second kappa shape index (κ2) is 15.6. The second-order valence-electron chi connectivity index (χ2n) is 12.9. The van der Waals surface area contributed by atoms with Crippen molar-refractivity contribution in [2.24, 2.45) is 0 Å². The highest BCUT2D eigenvalue weighted by atomic mass is 16.5. The summed E-state index contributed by atoms with van der Waals surface area (Å²) >= 11 is 0. The summed E-state index contributed by atoms with van der Waals surface area (Å²) in [6, 6.07) is 31.7. The quantitative estimate of drug-likeness (QED) is 0.121. The summed E-state index contributed by atoms with van der Waals surface area (Å²) in [7, 11) is 0. The van der Waals surface area contributed by atoms with E-state index in [1.165, 1.54) is 0 Å². The molecule has 246 valence electrons. The normalized spacial score (nSPS) is 13.3. The van der Waals surface area contributed by atoms with Crippen LogP contribution in [0.5, 0.6) is 17.2 Å². The third kappa shape index (κ3) is 8.89. The van der Waals surface area contributed by atoms with Crippen LogP contribution in [-0.4, -0.2) is 65.7 Å². The first-order chi connectivity index (χ1) is 21.9. The van der Waals surface area contributed by atoms with Crippen LogP contribution in [0.25, 0.3) is 0 Å². The summed E-state index contributed by atoms with van der Waals surface area (Å²) in [5, 5.41) is 38.9. The SMILES string of the molecule is CC(O)COc1ccc(C(C)(C)c2ccc(OCC(O)COc3ccc(C(C)(C)c4ccc(C(CO)CO)cc4)cc3)cc2)cc1. The monoisotopic (exact) mass is 628 g/mol. The van der Waals surface area contributed by atoms with Gasteiger partial charge in [-0.15, -0.1) is 0 Å². The van der Waals surface area contributed by atoms with Gasteiger partial charge in [-0.05, 0) is 71.1 Å². The average Bonchev–Trinajstić information content (AvgIpc) is 3.07. The third-order valence-corrected chi connectivity index (χ3v) is 8.65. The Labute approximate surface area is 273 Å². The number of hydrogen-bond donors (Lipinski definition) is 4. The first kappa shape index (κ1) is 35.0. The summed E-state index contributed by atoms with van der Waals surface area (Å²) in [6.45, 7) is 10.6. The van der Waals surface area contributed by atoms with E-state index in [1.807, 2.05) is 97.1 Å². The van der Waals surface area contributed by atoms with E-state index < -0.39 is 12.2 Å². The zero-order chi connectivity index (χ0) is 33.3. The van der Waals surface area contributed by atoms with Crippen LogP contribution in [0.2, 0.25) is 0 Å². The topological polar surface area (TPSA) is 109 Å². The minimum atomic E-state index is -0.804. The largest absolute Gasteiger partial charge is 0.491 e. The molecule has 0 spiro atoms. The Morgan fingerprint density at radius 2 is 0.804 bits per heavy atom. The van der Waals surface area contributed by atoms with Gasteiger partial charge >= 0.3 is 0 Å². The molecule has 4 aromatic rings. The predicted molar refractivity (Wildman–Crippen MR) is 181 cm³/mol. The van der Waals surface area contributed by atoms with Gasteiger partial charge in [-0.3, -0.25) is 0 Å². The van der Waals surface area contributed by atoms with Crippen LogP contribution in [0.3, 0.4) is 0 Å². The smallest absolute Gasteiger partial charge is 0.122 e. The Hall–Kier alpha value is -3.88. The van der Waals surface area contributed by atoms with E-state index in [0.717, 1.165) is 33.6 Å². The fraction of sp³-hybridized carbons (Fsp3) is 0.385. The molecule has 0 saturated heterocycles. The molecule has 2 atom stereocenters. The Morgan fingerprint density at radius 3 is 1.11 bits per heavy atom. The van der Waals surface area contributed by atoms with Crippen LogP contribution in [0.1, 0.15) is 68.4 Å². The van der Waals surface area contributed by atoms with Gasteiger partial charge in [0.25, 0.3) is 0 Å². The highest BCUT2D eigenvalue weighted by Crippen LogP contribution is 2.35. The van der Waals surface area contributed by atoms with Crippen molar-refractivity contribution in [1.29, 1.82) is 0 Å². The molecule has 7 nitrogen and oxygen atoms in total. The number of hydrogen-bond acceptors (Lipinski definition) is 7. The van der Waals surface area contributed by atoms with Gasteiger partial charge in [0.05, 0.1) is 19.3 Å². The van der Waals surface area contributed by atoms with E-state index in [1.54, 1.807) is 6.92 Å². The molecule has 0 aromatic heterocycles. The molecule has 0 saturated carbocycles. The van der Waals surface area contributed by atoms with Gasteiger partial charge in [-0.1, -0.05) is 88.4 Å². The molecule has 0 fully saturated rings. The highest BCUT2D eigenvalue weighted by Gasteiger charge is 2.25. The second-order valence-corrected chi connectivity index (χ2v) is 12.9. The van der Waals surface area contributed by atoms with Gasteiger partial charge in [0, 0.05) is 16.7 Å². The first-order valence-corrected chi connectivity index (χ1v) is 15.8. The van der Waals surface area contributed by atoms with Crippen LogP contribution < -0.4 is 14.2 Å². The van der Waals surface area contributed by atoms with Crippen molar-refractivity contribution >= 4 is 0 Å². The molecule has 0 aliphatic carbocycles. The van der Waals surface area contributed by atoms with Gasteiger partial charge in [0.1, 0.15) is 43.2 Å². The van der Waals surface area contributed by atoms with Gasteiger partial charge in [0.2, 0.25) is 0 Å². The average molecular weight is 629 g/mol. The zero-order valence-corrected chi connectivity index (χ0v) is 27.5. The molecule has 4 N–H and O–H groups in total. The summed E-state index contributed by atoms with van der Waals surface area (Å²) in [5.74, 6) is 1.79. The molecular formula is C39H48O7. The molecule has 0 heterocycles. The van der Waals surface area contributed by atoms with E-state index in [2.05, 4.69) is 27.7 Å². The molecule has 7 heteroatoms. The van der Waals surface area contributed by atoms with Crippen molar-refractivity contribution in [3.05, 3.63) is 125 Å². The summed E-state index contributed by atoms with van der Waals surface area (Å²) in [4.78, 5) is 0. The number of benzene rings is 4. The highest BCUT2D eigenvalue weighted by molar-refractivity contribution is 5.43. The van der Waals surface area contributed by atoms with Gasteiger partial charge in [0.15, 0.2) is 0 Å². The lowest BCUT2D eigenvalue weighted by atomic mass is 9.77. The molecular weight excluding hydrogens is 580 g/mol. The zero-order valence-electron chi connectivity index (χ0n) is 27.5. The molecule has 0 aliphatic rings. The van der Waals surface area contributed by atoms with E-state index >= 15 is 0 Å². The van der Waals surface area contributed by atoms with Crippen molar-refractivity contribution in [2.45, 2.75) is 63.6 Å². The van der Waals surface area contributed by atoms with Crippen LogP contribution in [0.4, 0.5) is 0 Å². The fourth-order valence-corrected chi connectivity index (χ4v) is 5.33. The van der Waals surface area contributed by atoms with Crippen molar-refractivity contribution in [1.82, 2.24) is 0 Å². The molecule has 46 heavy (non-hydrogen) atoms. The third-order valence-electron chi connectivity index (χ3n) is 8.65. The lowest BCUT2D eigenvalue weighted by molar-refractivity contribution is 0.0626. The Morgan fingerprint density at radius 1 is 0.500 bits per heavy atom. The van der Waals surface area contributed by atoms with Crippen LogP contribution in [-0.2, 0) is 10.8 Å². The van der Waals surface area contributed by atoms with Gasteiger partial charge in [-0.2, -0.15) is 0 Å². The standard InChI is InChI=1S/C39H48O7/c1-27(42)24-44-35-16-10-32(11-17-35)39(4,5)33-14-20-37(21-15-33)46-26-34(43)25-45-36-18-12-31(13-19-36)38(2,3)30-8-6-28(7-9-30)29(22-40)23-41/h6-21,27,29,34,40-43H,22-26H2,1-5H3. The van der Waals surface area contributed by atoms with Gasteiger partial charge in [-0.25, -0.2) is 0 Å². The van der Waals surface area contributed by atoms with Crippen LogP contribution in [0, 0.1) is 0 Å². The molecule has 0 amide bonds. The summed E-state index contributed by atoms with van der Waals surface area (Å²) < 4.78 is 17.3. The predicted octanol–water partition coefficient (Wildman–Crippen LogP) is 5.98. The van der Waals surface area contributed by atoms with E-state index in [4.69, 9.17) is 14.2 Å². The summed E-state index contributed by atoms with van der Waals surface area (Å²) in [6.07, 6.45) is -1.32. The number of aliphatic hydroxyl groups is 4. The first-order valence-electron chi connectivity index (χ1n) is 15.8. The van der Waals surface area contributed by atoms with E-state index in [9.17, 15) is 20.4 Å². The minimum absolute atomic E-state index is 0.0892. The number of rotatable bonds is 16. The maximum atomic E-state index is 10.5. The molecule has 0 radical (unpaired) electrons.